The first kappa shape index (κ1) is 23.8. The summed E-state index contributed by atoms with van der Waals surface area (Å²) in [4.78, 5) is 5.09. The molecule has 0 aliphatic carbocycles. The number of fused-ring (bicyclic) bond motifs is 6. The van der Waals surface area contributed by atoms with Gasteiger partial charge in [0.15, 0.2) is 0 Å². The topological polar surface area (TPSA) is 27.2 Å². The maximum Gasteiger partial charge on any atom is 0.145 e. The molecule has 0 radical (unpaired) electrons. The summed E-state index contributed by atoms with van der Waals surface area (Å²) in [6, 6.07) is 53.6. The number of benzene rings is 5. The minimum atomic E-state index is 0.932. The molecule has 4 nitrogen and oxygen atoms in total. The maximum absolute atomic E-state index is 5.09. The monoisotopic (exact) mass is 550 g/mol. The predicted octanol–water partition coefficient (Wildman–Crippen LogP) is 9.71. The van der Waals surface area contributed by atoms with Crippen molar-refractivity contribution in [3.63, 3.8) is 0 Å². The van der Waals surface area contributed by atoms with Gasteiger partial charge in [-0.05, 0) is 72.3 Å². The first-order valence-corrected chi connectivity index (χ1v) is 14.6. The van der Waals surface area contributed by atoms with Gasteiger partial charge >= 0.3 is 0 Å². The molecule has 4 heterocycles. The number of pyridine rings is 1. The fourth-order valence-electron chi connectivity index (χ4n) is 6.64. The molecule has 0 saturated heterocycles. The van der Waals surface area contributed by atoms with Crippen LogP contribution in [0.4, 0.5) is 0 Å². The van der Waals surface area contributed by atoms with Gasteiger partial charge in [-0.25, -0.2) is 4.98 Å². The van der Waals surface area contributed by atoms with E-state index < -0.39 is 0 Å². The minimum Gasteiger partial charge on any atom is -0.314 e. The molecule has 0 aliphatic heterocycles. The Morgan fingerprint density at radius 2 is 1.05 bits per heavy atom. The lowest BCUT2D eigenvalue weighted by Gasteiger charge is -2.12. The van der Waals surface area contributed by atoms with Crippen molar-refractivity contribution in [2.24, 2.45) is 0 Å². The van der Waals surface area contributed by atoms with Crippen molar-refractivity contribution in [1.29, 1.82) is 0 Å². The van der Waals surface area contributed by atoms with Crippen molar-refractivity contribution in [1.82, 2.24) is 18.5 Å². The van der Waals surface area contributed by atoms with Gasteiger partial charge in [-0.15, -0.1) is 0 Å². The molecule has 9 aromatic rings. The lowest BCUT2D eigenvalue weighted by atomic mass is 10.1. The fourth-order valence-corrected chi connectivity index (χ4v) is 6.64. The Kier molecular flexibility index (Phi) is 5.16. The van der Waals surface area contributed by atoms with Crippen LogP contribution in [0.5, 0.6) is 0 Å². The number of hydrogen-bond acceptors (Lipinski definition) is 1. The van der Waals surface area contributed by atoms with Gasteiger partial charge in [-0.1, -0.05) is 84.9 Å². The third-order valence-electron chi connectivity index (χ3n) is 8.46. The van der Waals surface area contributed by atoms with Crippen LogP contribution >= 0.6 is 0 Å². The maximum atomic E-state index is 5.09. The van der Waals surface area contributed by atoms with Crippen LogP contribution in [-0.2, 0) is 0 Å². The van der Waals surface area contributed by atoms with Crippen LogP contribution in [0.15, 0.2) is 158 Å². The second-order valence-electron chi connectivity index (χ2n) is 10.9. The molecule has 202 valence electrons. The molecule has 0 N–H and O–H groups in total. The van der Waals surface area contributed by atoms with Crippen LogP contribution in [0.3, 0.4) is 0 Å². The number of hydrogen-bond donors (Lipinski definition) is 0. The third kappa shape index (κ3) is 3.53. The van der Waals surface area contributed by atoms with Crippen LogP contribution in [0, 0.1) is 0 Å². The molecule has 0 amide bonds. The summed E-state index contributed by atoms with van der Waals surface area (Å²) in [5.41, 5.74) is 12.6. The average Bonchev–Trinajstić information content (AvgIpc) is 3.73. The standard InChI is InChI=1S/C39H26N4/c1-3-13-27(14-4-1)36-35-21-11-12-26-41(35)37-31-17-7-9-19-33(31)42(38(36)37)30-24-22-28(23-25-30)39-40-32-18-8-10-20-34(32)43(39)29-15-5-2-6-16-29/h1-26H. The Balaban J connectivity index is 1.30. The van der Waals surface area contributed by atoms with Gasteiger partial charge in [-0.3, -0.25) is 4.57 Å². The molecular formula is C39H26N4. The average molecular weight is 551 g/mol. The molecular weight excluding hydrogens is 524 g/mol. The zero-order chi connectivity index (χ0) is 28.3. The zero-order valence-corrected chi connectivity index (χ0v) is 23.3. The Morgan fingerprint density at radius 1 is 0.419 bits per heavy atom. The van der Waals surface area contributed by atoms with Gasteiger partial charge in [0.05, 0.1) is 33.1 Å². The van der Waals surface area contributed by atoms with Gasteiger partial charge in [0.25, 0.3) is 0 Å². The normalized spacial score (nSPS) is 11.7. The largest absolute Gasteiger partial charge is 0.314 e. The van der Waals surface area contributed by atoms with E-state index in [-0.39, 0.29) is 0 Å². The van der Waals surface area contributed by atoms with Crippen molar-refractivity contribution in [3.8, 4) is 33.9 Å². The minimum absolute atomic E-state index is 0.932. The zero-order valence-electron chi connectivity index (χ0n) is 23.3. The predicted molar refractivity (Wildman–Crippen MR) is 177 cm³/mol. The summed E-state index contributed by atoms with van der Waals surface area (Å²) >= 11 is 0. The molecule has 0 atom stereocenters. The molecule has 43 heavy (non-hydrogen) atoms. The fraction of sp³-hybridized carbons (Fsp3) is 0. The van der Waals surface area contributed by atoms with Crippen LogP contribution in [0.1, 0.15) is 0 Å². The molecule has 0 unspecified atom stereocenters. The van der Waals surface area contributed by atoms with Gasteiger partial charge in [0, 0.05) is 34.1 Å². The van der Waals surface area contributed by atoms with E-state index in [9.17, 15) is 0 Å². The highest BCUT2D eigenvalue weighted by molar-refractivity contribution is 6.17. The Morgan fingerprint density at radius 3 is 1.86 bits per heavy atom. The molecule has 9 rings (SSSR count). The number of rotatable bonds is 4. The van der Waals surface area contributed by atoms with Crippen molar-refractivity contribution >= 4 is 38.5 Å². The second kappa shape index (κ2) is 9.33. The lowest BCUT2D eigenvalue weighted by molar-refractivity contribution is 1.10. The van der Waals surface area contributed by atoms with Crippen LogP contribution in [0.2, 0.25) is 0 Å². The molecule has 4 aromatic heterocycles. The summed E-state index contributed by atoms with van der Waals surface area (Å²) in [6.45, 7) is 0. The van der Waals surface area contributed by atoms with Crippen LogP contribution in [-0.4, -0.2) is 18.5 Å². The highest BCUT2D eigenvalue weighted by atomic mass is 15.1. The first-order chi connectivity index (χ1) is 21.4. The van der Waals surface area contributed by atoms with E-state index in [0.717, 1.165) is 33.8 Å². The number of imidazole rings is 1. The van der Waals surface area contributed by atoms with Gasteiger partial charge in [0.2, 0.25) is 0 Å². The Hall–Kier alpha value is -5.87. The van der Waals surface area contributed by atoms with E-state index in [1.54, 1.807) is 0 Å². The molecule has 0 saturated carbocycles. The van der Waals surface area contributed by atoms with Crippen molar-refractivity contribution in [3.05, 3.63) is 158 Å². The van der Waals surface area contributed by atoms with Crippen molar-refractivity contribution < 1.29 is 0 Å². The number of para-hydroxylation sites is 4. The molecule has 0 aliphatic rings. The summed E-state index contributed by atoms with van der Waals surface area (Å²) in [6.07, 6.45) is 2.18. The molecule has 0 spiro atoms. The molecule has 0 bridgehead atoms. The van der Waals surface area contributed by atoms with E-state index in [2.05, 4.69) is 159 Å². The molecule has 4 heteroatoms. The van der Waals surface area contributed by atoms with E-state index in [4.69, 9.17) is 4.98 Å². The highest BCUT2D eigenvalue weighted by Gasteiger charge is 2.23. The summed E-state index contributed by atoms with van der Waals surface area (Å²) in [5.74, 6) is 0.932. The SMILES string of the molecule is c1ccc(-c2c3c(c4ccccc4n3-c3ccc(-c4nc5ccccc5n4-c4ccccc4)cc3)n3ccccc23)cc1. The molecule has 0 fully saturated rings. The summed E-state index contributed by atoms with van der Waals surface area (Å²) in [7, 11) is 0. The summed E-state index contributed by atoms with van der Waals surface area (Å²) in [5, 5.41) is 1.23. The van der Waals surface area contributed by atoms with Crippen molar-refractivity contribution in [2.45, 2.75) is 0 Å². The van der Waals surface area contributed by atoms with E-state index >= 15 is 0 Å². The third-order valence-corrected chi connectivity index (χ3v) is 8.46. The van der Waals surface area contributed by atoms with Crippen LogP contribution in [0.25, 0.3) is 72.4 Å². The van der Waals surface area contributed by atoms with Gasteiger partial charge in [0.1, 0.15) is 5.82 Å². The number of nitrogens with zero attached hydrogens (tertiary/aromatic N) is 4. The highest BCUT2D eigenvalue weighted by Crippen LogP contribution is 2.42. The lowest BCUT2D eigenvalue weighted by Crippen LogP contribution is -1.98. The van der Waals surface area contributed by atoms with E-state index in [0.29, 0.717) is 0 Å². The van der Waals surface area contributed by atoms with E-state index in [1.807, 2.05) is 12.1 Å². The van der Waals surface area contributed by atoms with E-state index in [1.165, 1.54) is 38.6 Å². The van der Waals surface area contributed by atoms with Gasteiger partial charge < -0.3 is 8.97 Å². The van der Waals surface area contributed by atoms with Crippen molar-refractivity contribution in [2.75, 3.05) is 0 Å². The van der Waals surface area contributed by atoms with Crippen LogP contribution < -0.4 is 0 Å². The Bertz CT molecular complexity index is 2430. The summed E-state index contributed by atoms with van der Waals surface area (Å²) < 4.78 is 7.01. The first-order valence-electron chi connectivity index (χ1n) is 14.6. The number of aromatic nitrogens is 4. The smallest absolute Gasteiger partial charge is 0.145 e. The van der Waals surface area contributed by atoms with Gasteiger partial charge in [-0.2, -0.15) is 0 Å². The Labute approximate surface area is 248 Å². The molecule has 5 aromatic carbocycles. The second-order valence-corrected chi connectivity index (χ2v) is 10.9. The quantitative estimate of drug-likeness (QED) is 0.214.